The summed E-state index contributed by atoms with van der Waals surface area (Å²) in [6, 6.07) is 10.4. The summed E-state index contributed by atoms with van der Waals surface area (Å²) in [5, 5.41) is 6.98. The molecule has 1 unspecified atom stereocenters. The fourth-order valence-corrected chi connectivity index (χ4v) is 3.28. The molecule has 23 heavy (non-hydrogen) atoms. The molecule has 0 spiro atoms. The van der Waals surface area contributed by atoms with Crippen molar-refractivity contribution in [3.63, 3.8) is 0 Å². The highest BCUT2D eigenvalue weighted by Crippen LogP contribution is 2.35. The molecule has 0 bridgehead atoms. The third-order valence-corrected chi connectivity index (χ3v) is 4.37. The predicted octanol–water partition coefficient (Wildman–Crippen LogP) is 3.61. The van der Waals surface area contributed by atoms with E-state index in [9.17, 15) is 4.79 Å². The lowest BCUT2D eigenvalue weighted by Crippen LogP contribution is -2.24. The van der Waals surface area contributed by atoms with E-state index in [4.69, 9.17) is 4.52 Å². The highest BCUT2D eigenvalue weighted by molar-refractivity contribution is 5.77. The number of hydrogen-bond acceptors (Lipinski definition) is 3. The zero-order valence-corrected chi connectivity index (χ0v) is 13.8. The highest BCUT2D eigenvalue weighted by atomic mass is 16.5. The maximum Gasteiger partial charge on any atom is 0.220 e. The van der Waals surface area contributed by atoms with E-state index in [0.717, 1.165) is 30.7 Å². The monoisotopic (exact) mass is 312 g/mol. The van der Waals surface area contributed by atoms with Crippen LogP contribution in [-0.4, -0.2) is 11.1 Å². The highest BCUT2D eigenvalue weighted by Gasteiger charge is 2.24. The zero-order chi connectivity index (χ0) is 16.2. The molecule has 1 amide bonds. The van der Waals surface area contributed by atoms with E-state index in [1.165, 1.54) is 11.1 Å². The smallest absolute Gasteiger partial charge is 0.220 e. The van der Waals surface area contributed by atoms with Crippen LogP contribution in [0, 0.1) is 5.92 Å². The lowest BCUT2D eigenvalue weighted by molar-refractivity contribution is -0.121. The average molecular weight is 312 g/mol. The third kappa shape index (κ3) is 4.01. The van der Waals surface area contributed by atoms with Gasteiger partial charge in [-0.05, 0) is 35.8 Å². The molecule has 0 saturated heterocycles. The first kappa shape index (κ1) is 15.8. The molecular formula is C19H24N2O2. The minimum absolute atomic E-state index is 0.0834. The summed E-state index contributed by atoms with van der Waals surface area (Å²) >= 11 is 0. The first-order chi connectivity index (χ1) is 11.1. The number of fused-ring (bicyclic) bond motifs is 1. The first-order valence-electron chi connectivity index (χ1n) is 8.41. The average Bonchev–Trinajstić information content (AvgIpc) is 3.12. The minimum atomic E-state index is 0.0834. The van der Waals surface area contributed by atoms with Crippen molar-refractivity contribution in [2.24, 2.45) is 5.92 Å². The van der Waals surface area contributed by atoms with Gasteiger partial charge < -0.3 is 9.84 Å². The van der Waals surface area contributed by atoms with Gasteiger partial charge in [-0.3, -0.25) is 4.79 Å². The fraction of sp³-hybridized carbons (Fsp3) is 0.474. The first-order valence-corrected chi connectivity index (χ1v) is 8.41. The van der Waals surface area contributed by atoms with Gasteiger partial charge in [-0.15, -0.1) is 0 Å². The summed E-state index contributed by atoms with van der Waals surface area (Å²) in [6.07, 6.45) is 3.57. The van der Waals surface area contributed by atoms with E-state index in [0.29, 0.717) is 24.8 Å². The van der Waals surface area contributed by atoms with Crippen LogP contribution in [0.5, 0.6) is 0 Å². The number of rotatable bonds is 6. The molecule has 3 rings (SSSR count). The second kappa shape index (κ2) is 6.99. The molecule has 122 valence electrons. The SMILES string of the molecule is CC(C)Cc1cc(CNC(=O)CC2CCc3ccccc32)no1. The number of hydrogen-bond donors (Lipinski definition) is 1. The number of nitrogens with one attached hydrogen (secondary N) is 1. The van der Waals surface area contributed by atoms with Gasteiger partial charge in [0.25, 0.3) is 0 Å². The molecule has 0 radical (unpaired) electrons. The van der Waals surface area contributed by atoms with E-state index < -0.39 is 0 Å². The largest absolute Gasteiger partial charge is 0.361 e. The molecule has 1 atom stereocenters. The van der Waals surface area contributed by atoms with Crippen molar-refractivity contribution in [1.82, 2.24) is 10.5 Å². The molecule has 1 heterocycles. The molecule has 4 nitrogen and oxygen atoms in total. The topological polar surface area (TPSA) is 55.1 Å². The van der Waals surface area contributed by atoms with Gasteiger partial charge in [-0.25, -0.2) is 0 Å². The Morgan fingerprint density at radius 3 is 3.04 bits per heavy atom. The Balaban J connectivity index is 1.50. The van der Waals surface area contributed by atoms with Crippen molar-refractivity contribution in [2.45, 2.75) is 52.0 Å². The number of benzene rings is 1. The maximum atomic E-state index is 12.2. The number of nitrogens with zero attached hydrogens (tertiary/aromatic N) is 1. The summed E-state index contributed by atoms with van der Waals surface area (Å²) in [5.41, 5.74) is 3.52. The fourth-order valence-electron chi connectivity index (χ4n) is 3.28. The number of amides is 1. The lowest BCUT2D eigenvalue weighted by atomic mass is 9.97. The van der Waals surface area contributed by atoms with Crippen LogP contribution in [0.2, 0.25) is 0 Å². The summed E-state index contributed by atoms with van der Waals surface area (Å²) in [7, 11) is 0. The number of carbonyl (C=O) groups is 1. The molecule has 1 aliphatic rings. The van der Waals surface area contributed by atoms with Crippen LogP contribution in [-0.2, 0) is 24.2 Å². The Morgan fingerprint density at radius 1 is 1.39 bits per heavy atom. The summed E-state index contributed by atoms with van der Waals surface area (Å²) in [5.74, 6) is 1.85. The van der Waals surface area contributed by atoms with Crippen LogP contribution in [0.3, 0.4) is 0 Å². The van der Waals surface area contributed by atoms with Gasteiger partial charge in [0.15, 0.2) is 0 Å². The van der Waals surface area contributed by atoms with Gasteiger partial charge in [-0.1, -0.05) is 43.3 Å². The molecule has 0 fully saturated rings. The van der Waals surface area contributed by atoms with Crippen molar-refractivity contribution >= 4 is 5.91 Å². The van der Waals surface area contributed by atoms with Crippen LogP contribution in [0.25, 0.3) is 0 Å². The Labute approximate surface area is 137 Å². The molecule has 1 aliphatic carbocycles. The number of aromatic nitrogens is 1. The van der Waals surface area contributed by atoms with E-state index in [1.54, 1.807) is 0 Å². The van der Waals surface area contributed by atoms with Gasteiger partial charge in [-0.2, -0.15) is 0 Å². The van der Waals surface area contributed by atoms with Gasteiger partial charge in [0.2, 0.25) is 5.91 Å². The Morgan fingerprint density at radius 2 is 2.22 bits per heavy atom. The molecule has 4 heteroatoms. The molecule has 0 saturated carbocycles. The standard InChI is InChI=1S/C19H24N2O2/c1-13(2)9-17-11-16(21-23-17)12-20-19(22)10-15-8-7-14-5-3-4-6-18(14)15/h3-6,11,13,15H,7-10,12H2,1-2H3,(H,20,22). The molecule has 1 N–H and O–H groups in total. The van der Waals surface area contributed by atoms with Crippen LogP contribution >= 0.6 is 0 Å². The van der Waals surface area contributed by atoms with Crippen molar-refractivity contribution in [1.29, 1.82) is 0 Å². The summed E-state index contributed by atoms with van der Waals surface area (Å²) < 4.78 is 5.29. The Hall–Kier alpha value is -2.10. The Kier molecular flexibility index (Phi) is 4.79. The van der Waals surface area contributed by atoms with Crippen molar-refractivity contribution < 1.29 is 9.32 Å². The molecule has 1 aromatic carbocycles. The normalized spacial score (nSPS) is 16.6. The summed E-state index contributed by atoms with van der Waals surface area (Å²) in [6.45, 7) is 4.72. The second-order valence-electron chi connectivity index (χ2n) is 6.80. The van der Waals surface area contributed by atoms with E-state index in [2.05, 4.69) is 48.6 Å². The van der Waals surface area contributed by atoms with Gasteiger partial charge in [0, 0.05) is 18.9 Å². The lowest BCUT2D eigenvalue weighted by Gasteiger charge is -2.11. The van der Waals surface area contributed by atoms with E-state index in [1.807, 2.05) is 6.07 Å². The second-order valence-corrected chi connectivity index (χ2v) is 6.80. The van der Waals surface area contributed by atoms with Crippen LogP contribution in [0.15, 0.2) is 34.9 Å². The van der Waals surface area contributed by atoms with Gasteiger partial charge in [0.1, 0.15) is 11.5 Å². The van der Waals surface area contributed by atoms with Gasteiger partial charge >= 0.3 is 0 Å². The molecular weight excluding hydrogens is 288 g/mol. The Bertz CT molecular complexity index is 676. The van der Waals surface area contributed by atoms with Crippen LogP contribution < -0.4 is 5.32 Å². The van der Waals surface area contributed by atoms with E-state index in [-0.39, 0.29) is 5.91 Å². The third-order valence-electron chi connectivity index (χ3n) is 4.37. The van der Waals surface area contributed by atoms with E-state index >= 15 is 0 Å². The van der Waals surface area contributed by atoms with Gasteiger partial charge in [0.05, 0.1) is 6.54 Å². The molecule has 1 aromatic heterocycles. The number of carbonyl (C=O) groups excluding carboxylic acids is 1. The predicted molar refractivity (Wildman–Crippen MR) is 89.0 cm³/mol. The van der Waals surface area contributed by atoms with Crippen molar-refractivity contribution in [3.05, 3.63) is 52.9 Å². The summed E-state index contributed by atoms with van der Waals surface area (Å²) in [4.78, 5) is 12.2. The molecule has 2 aromatic rings. The quantitative estimate of drug-likeness (QED) is 0.886. The number of aryl methyl sites for hydroxylation is 1. The van der Waals surface area contributed by atoms with Crippen molar-refractivity contribution in [3.8, 4) is 0 Å². The van der Waals surface area contributed by atoms with Crippen LogP contribution in [0.4, 0.5) is 0 Å². The zero-order valence-electron chi connectivity index (χ0n) is 13.8. The van der Waals surface area contributed by atoms with Crippen LogP contribution in [0.1, 0.15) is 55.2 Å². The minimum Gasteiger partial charge on any atom is -0.361 e. The molecule has 0 aliphatic heterocycles. The maximum absolute atomic E-state index is 12.2. The van der Waals surface area contributed by atoms with Crippen molar-refractivity contribution in [2.75, 3.05) is 0 Å².